The Morgan fingerprint density at radius 3 is 2.47 bits per heavy atom. The summed E-state index contributed by atoms with van der Waals surface area (Å²) in [6.07, 6.45) is 0. The number of hydrogen-bond acceptors (Lipinski definition) is 1. The summed E-state index contributed by atoms with van der Waals surface area (Å²) in [5.74, 6) is 0.534. The molecule has 0 amide bonds. The zero-order chi connectivity index (χ0) is 12.1. The zero-order valence-electron chi connectivity index (χ0n) is 9.29. The molecule has 2 rings (SSSR count). The highest BCUT2D eigenvalue weighted by Crippen LogP contribution is 2.15. The van der Waals surface area contributed by atoms with Crippen molar-refractivity contribution < 1.29 is 0 Å². The molecule has 0 unspecified atom stereocenters. The number of benzene rings is 2. The minimum atomic E-state index is 0.534. The first-order valence-electron chi connectivity index (χ1n) is 5.41. The first-order valence-corrected chi connectivity index (χ1v) is 6.32. The van der Waals surface area contributed by atoms with Crippen LogP contribution in [-0.4, -0.2) is 0 Å². The van der Waals surface area contributed by atoms with E-state index in [1.165, 1.54) is 0 Å². The predicted molar refractivity (Wildman–Crippen MR) is 74.8 cm³/mol. The van der Waals surface area contributed by atoms with E-state index in [2.05, 4.69) is 11.4 Å². The highest BCUT2D eigenvalue weighted by atomic mass is 35.5. The zero-order valence-corrected chi connectivity index (χ0v) is 10.8. The molecule has 0 heterocycles. The van der Waals surface area contributed by atoms with Crippen LogP contribution in [0.2, 0.25) is 5.02 Å². The van der Waals surface area contributed by atoms with Gasteiger partial charge in [-0.2, -0.15) is 0 Å². The van der Waals surface area contributed by atoms with Gasteiger partial charge in [-0.05, 0) is 35.4 Å². The summed E-state index contributed by atoms with van der Waals surface area (Å²) in [6.45, 7) is 0.756. The quantitative estimate of drug-likeness (QED) is 0.791. The van der Waals surface area contributed by atoms with Gasteiger partial charge in [-0.3, -0.25) is 0 Å². The molecule has 17 heavy (non-hydrogen) atoms. The number of halogens is 2. The van der Waals surface area contributed by atoms with Crippen molar-refractivity contribution in [3.63, 3.8) is 0 Å². The van der Waals surface area contributed by atoms with Gasteiger partial charge in [0.2, 0.25) is 0 Å². The standard InChI is InChI=1S/C14H13Cl2N/c15-9-11-3-2-6-14(8-11)17-10-12-4-1-5-13(16)7-12/h1-8,17H,9-10H2. The molecule has 1 nitrogen and oxygen atoms in total. The Bertz CT molecular complexity index is 497. The lowest BCUT2D eigenvalue weighted by Crippen LogP contribution is -1.99. The maximum atomic E-state index is 5.93. The molecule has 2 aromatic rings. The third-order valence-corrected chi connectivity index (χ3v) is 3.01. The van der Waals surface area contributed by atoms with Crippen molar-refractivity contribution in [2.45, 2.75) is 12.4 Å². The summed E-state index contributed by atoms with van der Waals surface area (Å²) < 4.78 is 0. The van der Waals surface area contributed by atoms with Crippen LogP contribution < -0.4 is 5.32 Å². The number of rotatable bonds is 4. The van der Waals surface area contributed by atoms with Crippen LogP contribution in [0.15, 0.2) is 48.5 Å². The molecule has 1 N–H and O–H groups in total. The fourth-order valence-electron chi connectivity index (χ4n) is 1.62. The Hall–Kier alpha value is -1.18. The molecule has 0 spiro atoms. The van der Waals surface area contributed by atoms with Crippen LogP contribution in [0.3, 0.4) is 0 Å². The maximum Gasteiger partial charge on any atom is 0.0474 e. The molecule has 0 saturated heterocycles. The van der Waals surface area contributed by atoms with Crippen molar-refractivity contribution in [3.05, 3.63) is 64.7 Å². The Morgan fingerprint density at radius 1 is 0.941 bits per heavy atom. The van der Waals surface area contributed by atoms with Crippen LogP contribution in [-0.2, 0) is 12.4 Å². The number of alkyl halides is 1. The molecule has 0 aromatic heterocycles. The van der Waals surface area contributed by atoms with Crippen LogP contribution in [0, 0.1) is 0 Å². The first-order chi connectivity index (χ1) is 8.28. The van der Waals surface area contributed by atoms with Gasteiger partial charge in [0, 0.05) is 23.1 Å². The average molecular weight is 266 g/mol. The summed E-state index contributed by atoms with van der Waals surface area (Å²) in [4.78, 5) is 0. The summed E-state index contributed by atoms with van der Waals surface area (Å²) >= 11 is 11.7. The van der Waals surface area contributed by atoms with Gasteiger partial charge in [0.25, 0.3) is 0 Å². The first kappa shape index (κ1) is 12.3. The topological polar surface area (TPSA) is 12.0 Å². The lowest BCUT2D eigenvalue weighted by molar-refractivity contribution is 1.15. The molecule has 0 saturated carbocycles. The van der Waals surface area contributed by atoms with Crippen molar-refractivity contribution >= 4 is 28.9 Å². The van der Waals surface area contributed by atoms with Gasteiger partial charge in [-0.1, -0.05) is 35.9 Å². The van der Waals surface area contributed by atoms with Crippen molar-refractivity contribution in [3.8, 4) is 0 Å². The van der Waals surface area contributed by atoms with E-state index in [-0.39, 0.29) is 0 Å². The molecule has 3 heteroatoms. The molecule has 0 aliphatic rings. The third kappa shape index (κ3) is 3.65. The second-order valence-electron chi connectivity index (χ2n) is 3.82. The van der Waals surface area contributed by atoms with Gasteiger partial charge >= 0.3 is 0 Å². The molecular formula is C14H13Cl2N. The van der Waals surface area contributed by atoms with Gasteiger partial charge in [0.15, 0.2) is 0 Å². The smallest absolute Gasteiger partial charge is 0.0474 e. The molecule has 0 atom stereocenters. The SMILES string of the molecule is ClCc1cccc(NCc2cccc(Cl)c2)c1. The van der Waals surface area contributed by atoms with Gasteiger partial charge < -0.3 is 5.32 Å². The van der Waals surface area contributed by atoms with E-state index in [1.807, 2.05) is 42.5 Å². The third-order valence-electron chi connectivity index (χ3n) is 2.47. The van der Waals surface area contributed by atoms with E-state index in [4.69, 9.17) is 23.2 Å². The summed E-state index contributed by atoms with van der Waals surface area (Å²) in [5, 5.41) is 4.11. The van der Waals surface area contributed by atoms with E-state index in [9.17, 15) is 0 Å². The van der Waals surface area contributed by atoms with E-state index < -0.39 is 0 Å². The van der Waals surface area contributed by atoms with Gasteiger partial charge in [0.05, 0.1) is 0 Å². The summed E-state index contributed by atoms with van der Waals surface area (Å²) in [6, 6.07) is 15.9. The van der Waals surface area contributed by atoms with Gasteiger partial charge in [0.1, 0.15) is 0 Å². The Labute approximate surface area is 111 Å². The molecule has 0 radical (unpaired) electrons. The van der Waals surface area contributed by atoms with Crippen molar-refractivity contribution in [2.75, 3.05) is 5.32 Å². The molecule has 0 bridgehead atoms. The Morgan fingerprint density at radius 2 is 1.71 bits per heavy atom. The molecule has 0 aliphatic heterocycles. The fraction of sp³-hybridized carbons (Fsp3) is 0.143. The van der Waals surface area contributed by atoms with Gasteiger partial charge in [-0.15, -0.1) is 11.6 Å². The lowest BCUT2D eigenvalue weighted by atomic mass is 10.2. The van der Waals surface area contributed by atoms with Crippen LogP contribution in [0.5, 0.6) is 0 Å². The lowest BCUT2D eigenvalue weighted by Gasteiger charge is -2.07. The second kappa shape index (κ2) is 5.95. The van der Waals surface area contributed by atoms with Crippen LogP contribution in [0.25, 0.3) is 0 Å². The van der Waals surface area contributed by atoms with Gasteiger partial charge in [-0.25, -0.2) is 0 Å². The van der Waals surface area contributed by atoms with Crippen LogP contribution >= 0.6 is 23.2 Å². The summed E-state index contributed by atoms with van der Waals surface area (Å²) in [7, 11) is 0. The number of nitrogens with one attached hydrogen (secondary N) is 1. The van der Waals surface area contributed by atoms with Crippen molar-refractivity contribution in [2.24, 2.45) is 0 Å². The Balaban J connectivity index is 2.02. The predicted octanol–water partition coefficient (Wildman–Crippen LogP) is 4.69. The van der Waals surface area contributed by atoms with E-state index in [0.29, 0.717) is 5.88 Å². The minimum absolute atomic E-state index is 0.534. The average Bonchev–Trinajstić information content (AvgIpc) is 2.37. The largest absolute Gasteiger partial charge is 0.381 e. The number of anilines is 1. The van der Waals surface area contributed by atoms with Crippen LogP contribution in [0.1, 0.15) is 11.1 Å². The molecule has 88 valence electrons. The monoisotopic (exact) mass is 265 g/mol. The normalized spacial score (nSPS) is 10.2. The molecule has 0 aliphatic carbocycles. The Kier molecular flexibility index (Phi) is 4.29. The highest BCUT2D eigenvalue weighted by molar-refractivity contribution is 6.30. The number of hydrogen-bond donors (Lipinski definition) is 1. The molecule has 2 aromatic carbocycles. The maximum absolute atomic E-state index is 5.93. The summed E-state index contributed by atoms with van der Waals surface area (Å²) in [5.41, 5.74) is 3.35. The molecular weight excluding hydrogens is 253 g/mol. The minimum Gasteiger partial charge on any atom is -0.381 e. The van der Waals surface area contributed by atoms with E-state index in [1.54, 1.807) is 0 Å². The van der Waals surface area contributed by atoms with Crippen molar-refractivity contribution in [1.29, 1.82) is 0 Å². The molecule has 0 fully saturated rings. The van der Waals surface area contributed by atoms with E-state index in [0.717, 1.165) is 28.4 Å². The van der Waals surface area contributed by atoms with E-state index >= 15 is 0 Å². The highest BCUT2D eigenvalue weighted by Gasteiger charge is 1.96. The van der Waals surface area contributed by atoms with Crippen LogP contribution in [0.4, 0.5) is 5.69 Å². The fourth-order valence-corrected chi connectivity index (χ4v) is 1.99. The second-order valence-corrected chi connectivity index (χ2v) is 4.52. The van der Waals surface area contributed by atoms with Crippen molar-refractivity contribution in [1.82, 2.24) is 0 Å².